The van der Waals surface area contributed by atoms with E-state index in [1.807, 2.05) is 0 Å². The number of carboxylic acids is 1. The third kappa shape index (κ3) is 6.46. The largest absolute Gasteiger partial charge is 0.478 e. The molecule has 5 rings (SSSR count). The topological polar surface area (TPSA) is 110 Å². The molecule has 0 amide bonds. The summed E-state index contributed by atoms with van der Waals surface area (Å²) < 4.78 is 86.5. The summed E-state index contributed by atoms with van der Waals surface area (Å²) in [5.74, 6) is -6.14. The van der Waals surface area contributed by atoms with Crippen LogP contribution < -0.4 is 4.74 Å². The van der Waals surface area contributed by atoms with Crippen molar-refractivity contribution in [2.24, 2.45) is 0 Å². The number of methoxy groups -OCH3 is 1. The molecule has 45 heavy (non-hydrogen) atoms. The second kappa shape index (κ2) is 12.7. The van der Waals surface area contributed by atoms with Gasteiger partial charge in [0, 0.05) is 24.7 Å². The molecule has 13 heteroatoms. The predicted octanol–water partition coefficient (Wildman–Crippen LogP) is 6.57. The Labute approximate surface area is 252 Å². The Balaban J connectivity index is 1.46. The fourth-order valence-corrected chi connectivity index (χ4v) is 4.67. The maximum absolute atomic E-state index is 15.4. The quantitative estimate of drug-likeness (QED) is 0.176. The second-order valence-corrected chi connectivity index (χ2v) is 10.1. The van der Waals surface area contributed by atoms with Crippen molar-refractivity contribution in [1.82, 2.24) is 14.5 Å². The summed E-state index contributed by atoms with van der Waals surface area (Å²) >= 11 is 0. The average Bonchev–Trinajstić information content (AvgIpc) is 3.35. The van der Waals surface area contributed by atoms with E-state index in [2.05, 4.69) is 9.97 Å². The Hall–Kier alpha value is -5.35. The molecule has 0 aliphatic rings. The summed E-state index contributed by atoms with van der Waals surface area (Å²) in [6, 6.07) is 11.4. The van der Waals surface area contributed by atoms with Crippen LogP contribution in [0.25, 0.3) is 22.3 Å². The van der Waals surface area contributed by atoms with Crippen LogP contribution in [0.4, 0.5) is 22.0 Å². The third-order valence-corrected chi connectivity index (χ3v) is 7.10. The molecular formula is C32H23F5N4O4. The zero-order valence-electron chi connectivity index (χ0n) is 23.7. The van der Waals surface area contributed by atoms with E-state index in [0.717, 1.165) is 36.4 Å². The molecule has 2 aromatic heterocycles. The maximum Gasteiger partial charge on any atom is 0.335 e. The number of pyridine rings is 1. The van der Waals surface area contributed by atoms with Crippen LogP contribution in [-0.2, 0) is 24.3 Å². The van der Waals surface area contributed by atoms with Gasteiger partial charge in [-0.2, -0.15) is 5.26 Å². The lowest BCUT2D eigenvalue weighted by atomic mass is 10.0. The summed E-state index contributed by atoms with van der Waals surface area (Å²) in [5, 5.41) is 18.3. The molecule has 0 spiro atoms. The van der Waals surface area contributed by atoms with Crippen molar-refractivity contribution < 1.29 is 41.3 Å². The van der Waals surface area contributed by atoms with Crippen molar-refractivity contribution >= 4 is 17.0 Å². The molecule has 2 heterocycles. The van der Waals surface area contributed by atoms with E-state index < -0.39 is 53.6 Å². The van der Waals surface area contributed by atoms with Gasteiger partial charge in [-0.3, -0.25) is 0 Å². The van der Waals surface area contributed by atoms with E-state index in [4.69, 9.17) is 14.7 Å². The molecule has 8 nitrogen and oxygen atoms in total. The minimum absolute atomic E-state index is 0.0205. The molecule has 230 valence electrons. The van der Waals surface area contributed by atoms with E-state index in [1.165, 1.54) is 29.9 Å². The summed E-state index contributed by atoms with van der Waals surface area (Å²) in [6.07, 6.45) is -0.715. The number of nitriles is 1. The third-order valence-electron chi connectivity index (χ3n) is 7.10. The number of nitrogens with zero attached hydrogens (tertiary/aromatic N) is 4. The fourth-order valence-electron chi connectivity index (χ4n) is 4.67. The zero-order valence-corrected chi connectivity index (χ0v) is 23.7. The van der Waals surface area contributed by atoms with Gasteiger partial charge in [0.05, 0.1) is 41.1 Å². The van der Waals surface area contributed by atoms with Gasteiger partial charge in [-0.25, -0.2) is 36.7 Å². The lowest BCUT2D eigenvalue weighted by Crippen LogP contribution is -2.17. The molecule has 0 radical (unpaired) electrons. The number of carboxylic acid groups (broad SMARTS) is 1. The lowest BCUT2D eigenvalue weighted by molar-refractivity contribution is 0.0696. The van der Waals surface area contributed by atoms with E-state index in [0.29, 0.717) is 0 Å². The van der Waals surface area contributed by atoms with Crippen molar-refractivity contribution in [3.05, 3.63) is 112 Å². The first kappa shape index (κ1) is 31.1. The van der Waals surface area contributed by atoms with Crippen molar-refractivity contribution in [3.63, 3.8) is 0 Å². The number of hydrogen-bond donors (Lipinski definition) is 1. The number of halogens is 5. The van der Waals surface area contributed by atoms with Crippen LogP contribution in [0.5, 0.6) is 5.88 Å². The van der Waals surface area contributed by atoms with Gasteiger partial charge in [-0.05, 0) is 61.0 Å². The van der Waals surface area contributed by atoms with Gasteiger partial charge in [0.15, 0.2) is 11.6 Å². The van der Waals surface area contributed by atoms with Crippen molar-refractivity contribution in [2.75, 3.05) is 7.11 Å². The summed E-state index contributed by atoms with van der Waals surface area (Å²) in [4.78, 5) is 19.7. The molecule has 0 saturated carbocycles. The molecule has 5 aromatic rings. The Morgan fingerprint density at radius 2 is 1.69 bits per heavy atom. The van der Waals surface area contributed by atoms with Gasteiger partial charge >= 0.3 is 5.97 Å². The van der Waals surface area contributed by atoms with Gasteiger partial charge in [0.2, 0.25) is 0 Å². The van der Waals surface area contributed by atoms with Crippen molar-refractivity contribution in [2.45, 2.75) is 32.6 Å². The number of ether oxygens (including phenoxy) is 2. The number of carbonyl (C=O) groups is 1. The Bertz CT molecular complexity index is 1990. The SMILES string of the molecule is COC(C)Cn1c(Cc2cc(F)c(-c3ccc(F)c(OCc4ccc(C#N)cc4F)n3)cc2F)nc2c(F)cc(C(=O)O)cc21. The van der Waals surface area contributed by atoms with E-state index in [9.17, 15) is 23.1 Å². The molecule has 1 atom stereocenters. The normalized spacial score (nSPS) is 11.9. The maximum atomic E-state index is 15.4. The number of benzene rings is 3. The molecule has 0 fully saturated rings. The first-order valence-corrected chi connectivity index (χ1v) is 13.4. The lowest BCUT2D eigenvalue weighted by Gasteiger charge is -2.15. The van der Waals surface area contributed by atoms with Crippen LogP contribution in [-0.4, -0.2) is 38.8 Å². The number of aromatic nitrogens is 3. The summed E-state index contributed by atoms with van der Waals surface area (Å²) in [6.45, 7) is 1.39. The number of imidazole rings is 1. The molecule has 1 unspecified atom stereocenters. The Morgan fingerprint density at radius 1 is 0.933 bits per heavy atom. The molecule has 0 aliphatic heterocycles. The number of hydrogen-bond acceptors (Lipinski definition) is 6. The average molecular weight is 623 g/mol. The monoisotopic (exact) mass is 622 g/mol. The van der Waals surface area contributed by atoms with Crippen LogP contribution in [0.1, 0.15) is 39.8 Å². The highest BCUT2D eigenvalue weighted by Gasteiger charge is 2.22. The second-order valence-electron chi connectivity index (χ2n) is 10.1. The van der Waals surface area contributed by atoms with E-state index in [-0.39, 0.29) is 63.3 Å². The molecule has 0 saturated heterocycles. The number of rotatable bonds is 10. The highest BCUT2D eigenvalue weighted by molar-refractivity contribution is 5.92. The van der Waals surface area contributed by atoms with Gasteiger partial charge < -0.3 is 19.1 Å². The molecular weight excluding hydrogens is 599 g/mol. The first-order chi connectivity index (χ1) is 21.5. The van der Waals surface area contributed by atoms with Crippen molar-refractivity contribution in [3.8, 4) is 23.2 Å². The number of fused-ring (bicyclic) bond motifs is 1. The Kier molecular flexibility index (Phi) is 8.78. The minimum atomic E-state index is -1.35. The highest BCUT2D eigenvalue weighted by atomic mass is 19.1. The number of aromatic carboxylic acids is 1. The summed E-state index contributed by atoms with van der Waals surface area (Å²) in [7, 11) is 1.45. The molecule has 0 aliphatic carbocycles. The molecule has 1 N–H and O–H groups in total. The van der Waals surface area contributed by atoms with Crippen LogP contribution in [0, 0.1) is 40.4 Å². The van der Waals surface area contributed by atoms with Crippen molar-refractivity contribution in [1.29, 1.82) is 5.26 Å². The highest BCUT2D eigenvalue weighted by Crippen LogP contribution is 2.30. The van der Waals surface area contributed by atoms with Crippen LogP contribution in [0.3, 0.4) is 0 Å². The van der Waals surface area contributed by atoms with Gasteiger partial charge in [0.1, 0.15) is 35.4 Å². The first-order valence-electron chi connectivity index (χ1n) is 13.4. The standard InChI is InChI=1S/C32H23F5N4O4/c1-16(44-2)14-41-28-10-20(32(42)43)9-26(37)30(28)40-29(41)11-19-8-25(36)21(12-24(19)35)27-6-5-22(33)31(39-27)45-15-18-4-3-17(13-38)7-23(18)34/h3-10,12,16H,11,14-15H2,1-2H3,(H,42,43). The summed E-state index contributed by atoms with van der Waals surface area (Å²) in [5.41, 5.74) is -0.823. The van der Waals surface area contributed by atoms with Crippen LogP contribution >= 0.6 is 0 Å². The Morgan fingerprint density at radius 3 is 2.38 bits per heavy atom. The van der Waals surface area contributed by atoms with Crippen LogP contribution in [0.15, 0.2) is 54.6 Å². The van der Waals surface area contributed by atoms with Gasteiger partial charge in [-0.15, -0.1) is 0 Å². The zero-order chi connectivity index (χ0) is 32.4. The predicted molar refractivity (Wildman–Crippen MR) is 151 cm³/mol. The fraction of sp³-hybridized carbons (Fsp3) is 0.188. The van der Waals surface area contributed by atoms with Gasteiger partial charge in [0.25, 0.3) is 5.88 Å². The minimum Gasteiger partial charge on any atom is -0.478 e. The van der Waals surface area contributed by atoms with E-state index in [1.54, 1.807) is 13.0 Å². The molecule has 3 aromatic carbocycles. The molecule has 0 bridgehead atoms. The smallest absolute Gasteiger partial charge is 0.335 e. The van der Waals surface area contributed by atoms with Crippen LogP contribution in [0.2, 0.25) is 0 Å². The van der Waals surface area contributed by atoms with E-state index >= 15 is 8.78 Å². The van der Waals surface area contributed by atoms with Gasteiger partial charge in [-0.1, -0.05) is 6.07 Å².